The van der Waals surface area contributed by atoms with Gasteiger partial charge in [-0.05, 0) is 51.5 Å². The molecule has 0 aromatic rings. The Hall–Kier alpha value is -1.90. The lowest BCUT2D eigenvalue weighted by Gasteiger charge is -2.32. The average molecular weight is 328 g/mol. The van der Waals surface area contributed by atoms with Gasteiger partial charge in [-0.1, -0.05) is 43.6 Å². The lowest BCUT2D eigenvalue weighted by molar-refractivity contribution is -0.118. The fourth-order valence-electron chi connectivity index (χ4n) is 3.67. The van der Waals surface area contributed by atoms with Gasteiger partial charge in [0.25, 0.3) is 0 Å². The van der Waals surface area contributed by atoms with E-state index >= 15 is 0 Å². The van der Waals surface area contributed by atoms with E-state index in [1.807, 2.05) is 19.9 Å². The standard InChI is InChI=1S/C21H28O3/c1-5-6-7-8-15-12-18(22)19(21(24)20(15)23)17-11-14(4)9-10-16(17)13(2)3/h11-12,16-17,24H,2,5-10H2,1,3-4H3/t16-,17-/m0/s1. The van der Waals surface area contributed by atoms with Crippen LogP contribution in [-0.4, -0.2) is 16.7 Å². The predicted molar refractivity (Wildman–Crippen MR) is 96.7 cm³/mol. The molecule has 0 aliphatic heterocycles. The van der Waals surface area contributed by atoms with Crippen LogP contribution in [0.4, 0.5) is 0 Å². The largest absolute Gasteiger partial charge is 0.504 e. The molecule has 0 aromatic heterocycles. The zero-order valence-electron chi connectivity index (χ0n) is 15.0. The van der Waals surface area contributed by atoms with E-state index in [9.17, 15) is 14.7 Å². The first-order valence-corrected chi connectivity index (χ1v) is 8.92. The highest BCUT2D eigenvalue weighted by atomic mass is 16.3. The van der Waals surface area contributed by atoms with Crippen molar-refractivity contribution in [3.63, 3.8) is 0 Å². The van der Waals surface area contributed by atoms with Crippen molar-refractivity contribution in [1.29, 1.82) is 0 Å². The first-order chi connectivity index (χ1) is 11.4. The highest BCUT2D eigenvalue weighted by molar-refractivity contribution is 6.22. The van der Waals surface area contributed by atoms with Crippen LogP contribution in [0.2, 0.25) is 0 Å². The molecule has 0 fully saturated rings. The maximum atomic E-state index is 12.7. The molecule has 2 rings (SSSR count). The quantitative estimate of drug-likeness (QED) is 0.424. The number of ketones is 2. The molecule has 2 aliphatic carbocycles. The van der Waals surface area contributed by atoms with Crippen LogP contribution in [-0.2, 0) is 9.59 Å². The third-order valence-corrected chi connectivity index (χ3v) is 5.10. The van der Waals surface area contributed by atoms with Gasteiger partial charge in [0.05, 0.1) is 5.57 Å². The molecule has 3 heteroatoms. The second-order valence-electron chi connectivity index (χ2n) is 7.11. The van der Waals surface area contributed by atoms with Crippen molar-refractivity contribution in [2.75, 3.05) is 0 Å². The number of aliphatic hydroxyl groups excluding tert-OH is 1. The Morgan fingerprint density at radius 1 is 1.33 bits per heavy atom. The van der Waals surface area contributed by atoms with Crippen molar-refractivity contribution in [1.82, 2.24) is 0 Å². The van der Waals surface area contributed by atoms with Crippen molar-refractivity contribution >= 4 is 11.6 Å². The van der Waals surface area contributed by atoms with E-state index in [-0.39, 0.29) is 34.7 Å². The lowest BCUT2D eigenvalue weighted by atomic mass is 9.71. The van der Waals surface area contributed by atoms with Gasteiger partial charge in [0.15, 0.2) is 11.5 Å². The number of allylic oxidation sites excluding steroid dienone is 6. The second kappa shape index (κ2) is 7.78. The number of aliphatic hydroxyl groups is 1. The molecule has 2 aliphatic rings. The molecule has 0 unspecified atom stereocenters. The van der Waals surface area contributed by atoms with Crippen molar-refractivity contribution in [2.45, 2.75) is 59.3 Å². The monoisotopic (exact) mass is 328 g/mol. The SMILES string of the molecule is C=C(C)[C@@H]1CCC(C)=C[C@@H]1C1=C(O)C(=O)C(CCCCC)=CC1=O. The fraction of sp³-hybridized carbons (Fsp3) is 0.524. The number of carbonyl (C=O) groups is 2. The molecule has 0 radical (unpaired) electrons. The minimum atomic E-state index is -0.377. The predicted octanol–water partition coefficient (Wildman–Crippen LogP) is 5.01. The average Bonchev–Trinajstić information content (AvgIpc) is 2.52. The molecule has 1 N–H and O–H groups in total. The van der Waals surface area contributed by atoms with Gasteiger partial charge in [-0.3, -0.25) is 9.59 Å². The van der Waals surface area contributed by atoms with Crippen LogP contribution in [0.1, 0.15) is 59.3 Å². The minimum absolute atomic E-state index is 0.0950. The Bertz CT molecular complexity index is 646. The van der Waals surface area contributed by atoms with Crippen molar-refractivity contribution in [3.05, 3.63) is 46.8 Å². The summed E-state index contributed by atoms with van der Waals surface area (Å²) >= 11 is 0. The highest BCUT2D eigenvalue weighted by Crippen LogP contribution is 2.40. The number of hydrogen-bond donors (Lipinski definition) is 1. The van der Waals surface area contributed by atoms with Crippen molar-refractivity contribution in [3.8, 4) is 0 Å². The fourth-order valence-corrected chi connectivity index (χ4v) is 3.67. The first-order valence-electron chi connectivity index (χ1n) is 8.92. The second-order valence-corrected chi connectivity index (χ2v) is 7.11. The van der Waals surface area contributed by atoms with Gasteiger partial charge in [0.1, 0.15) is 0 Å². The van der Waals surface area contributed by atoms with Gasteiger partial charge in [-0.2, -0.15) is 0 Å². The van der Waals surface area contributed by atoms with E-state index < -0.39 is 0 Å². The Morgan fingerprint density at radius 2 is 2.04 bits per heavy atom. The Morgan fingerprint density at radius 3 is 2.67 bits per heavy atom. The van der Waals surface area contributed by atoms with Gasteiger partial charge in [-0.15, -0.1) is 0 Å². The van der Waals surface area contributed by atoms with E-state index in [1.165, 1.54) is 11.6 Å². The van der Waals surface area contributed by atoms with E-state index in [2.05, 4.69) is 13.5 Å². The number of rotatable bonds is 6. The van der Waals surface area contributed by atoms with Gasteiger partial charge < -0.3 is 5.11 Å². The maximum absolute atomic E-state index is 12.7. The summed E-state index contributed by atoms with van der Waals surface area (Å²) in [5, 5.41) is 10.5. The van der Waals surface area contributed by atoms with Gasteiger partial charge >= 0.3 is 0 Å². The molecule has 130 valence electrons. The van der Waals surface area contributed by atoms with E-state index in [4.69, 9.17) is 0 Å². The summed E-state index contributed by atoms with van der Waals surface area (Å²) in [7, 11) is 0. The van der Waals surface area contributed by atoms with Crippen LogP contribution in [0.5, 0.6) is 0 Å². The van der Waals surface area contributed by atoms with Crippen LogP contribution < -0.4 is 0 Å². The van der Waals surface area contributed by atoms with Gasteiger partial charge in [-0.25, -0.2) is 0 Å². The molecule has 0 bridgehead atoms. The maximum Gasteiger partial charge on any atom is 0.223 e. The molecule has 0 saturated heterocycles. The third-order valence-electron chi connectivity index (χ3n) is 5.10. The summed E-state index contributed by atoms with van der Waals surface area (Å²) in [6.07, 6.45) is 8.80. The molecule has 0 saturated carbocycles. The summed E-state index contributed by atoms with van der Waals surface area (Å²) in [6.45, 7) is 10.1. The minimum Gasteiger partial charge on any atom is -0.504 e. The highest BCUT2D eigenvalue weighted by Gasteiger charge is 2.37. The molecule has 2 atom stereocenters. The topological polar surface area (TPSA) is 54.4 Å². The summed E-state index contributed by atoms with van der Waals surface area (Å²) in [4.78, 5) is 25.2. The Balaban J connectivity index is 2.33. The molecule has 0 heterocycles. The zero-order chi connectivity index (χ0) is 17.9. The van der Waals surface area contributed by atoms with Crippen LogP contribution >= 0.6 is 0 Å². The molecule has 3 nitrogen and oxygen atoms in total. The van der Waals surface area contributed by atoms with Crippen LogP contribution in [0, 0.1) is 11.8 Å². The van der Waals surface area contributed by atoms with Crippen molar-refractivity contribution in [2.24, 2.45) is 11.8 Å². The van der Waals surface area contributed by atoms with Crippen LogP contribution in [0.3, 0.4) is 0 Å². The van der Waals surface area contributed by atoms with Crippen molar-refractivity contribution < 1.29 is 14.7 Å². The summed E-state index contributed by atoms with van der Waals surface area (Å²) in [6, 6.07) is 0. The molecular weight excluding hydrogens is 300 g/mol. The zero-order valence-corrected chi connectivity index (χ0v) is 15.0. The molecule has 0 spiro atoms. The molecule has 0 amide bonds. The number of carbonyl (C=O) groups excluding carboxylic acids is 2. The van der Waals surface area contributed by atoms with E-state index in [0.717, 1.165) is 37.7 Å². The lowest BCUT2D eigenvalue weighted by Crippen LogP contribution is -2.29. The van der Waals surface area contributed by atoms with Gasteiger partial charge in [0, 0.05) is 11.5 Å². The Labute approximate surface area is 144 Å². The van der Waals surface area contributed by atoms with Crippen LogP contribution in [0.15, 0.2) is 46.8 Å². The summed E-state index contributed by atoms with van der Waals surface area (Å²) in [5.74, 6) is -1.10. The number of Topliss-reactive ketones (excluding diaryl/α,β-unsaturated/α-hetero) is 1. The smallest absolute Gasteiger partial charge is 0.223 e. The molecule has 0 aromatic carbocycles. The molecular formula is C21H28O3. The summed E-state index contributed by atoms with van der Waals surface area (Å²) < 4.78 is 0. The number of hydrogen-bond acceptors (Lipinski definition) is 3. The van der Waals surface area contributed by atoms with E-state index in [1.54, 1.807) is 0 Å². The molecule has 24 heavy (non-hydrogen) atoms. The third kappa shape index (κ3) is 3.77. The van der Waals surface area contributed by atoms with Gasteiger partial charge in [0.2, 0.25) is 5.78 Å². The normalized spacial score (nSPS) is 24.8. The number of unbranched alkanes of at least 4 members (excludes halogenated alkanes) is 2. The summed E-state index contributed by atoms with van der Waals surface area (Å²) in [5.41, 5.74) is 2.88. The first kappa shape index (κ1) is 18.4. The van der Waals surface area contributed by atoms with Crippen LogP contribution in [0.25, 0.3) is 0 Å². The van der Waals surface area contributed by atoms with E-state index in [0.29, 0.717) is 12.0 Å². The Kier molecular flexibility index (Phi) is 5.98.